The molecular weight excluding hydrogens is 1160 g/mol. The molecule has 6 amide bonds. The number of anilines is 1. The van der Waals surface area contributed by atoms with Crippen molar-refractivity contribution < 1.29 is 82.7 Å². The molecule has 2 saturated carbocycles. The highest BCUT2D eigenvalue weighted by molar-refractivity contribution is 5.97. The van der Waals surface area contributed by atoms with Crippen LogP contribution in [0.2, 0.25) is 0 Å². The molecule has 11 atom stereocenters. The number of nitrogens with two attached hydrogens (primary N) is 2. The quantitative estimate of drug-likeness (QED) is 0.0329. The van der Waals surface area contributed by atoms with Gasteiger partial charge in [0, 0.05) is 86.7 Å². The van der Waals surface area contributed by atoms with Gasteiger partial charge in [-0.2, -0.15) is 0 Å². The van der Waals surface area contributed by atoms with Gasteiger partial charge in [-0.15, -0.1) is 0 Å². The lowest BCUT2D eigenvalue weighted by Gasteiger charge is -2.43. The predicted octanol–water partition coefficient (Wildman–Crippen LogP) is 0.802. The van der Waals surface area contributed by atoms with Crippen molar-refractivity contribution in [3.63, 3.8) is 0 Å². The van der Waals surface area contributed by atoms with Crippen molar-refractivity contribution in [2.45, 2.75) is 171 Å². The first-order valence-electron chi connectivity index (χ1n) is 32.0. The summed E-state index contributed by atoms with van der Waals surface area (Å²) in [5, 5.41) is 66.6. The van der Waals surface area contributed by atoms with Crippen molar-refractivity contribution in [1.29, 1.82) is 0 Å². The van der Waals surface area contributed by atoms with E-state index in [1.54, 1.807) is 18.7 Å². The van der Waals surface area contributed by atoms with E-state index in [4.69, 9.17) is 39.9 Å². The number of nitrogens with zero attached hydrogens (tertiary/aromatic N) is 1. The molecule has 25 nitrogen and oxygen atoms in total. The third-order valence-electron chi connectivity index (χ3n) is 16.7. The van der Waals surface area contributed by atoms with Gasteiger partial charge in [-0.3, -0.25) is 28.8 Å². The molecule has 2 unspecified atom stereocenters. The van der Waals surface area contributed by atoms with Crippen molar-refractivity contribution in [3.8, 4) is 11.8 Å². The van der Waals surface area contributed by atoms with Crippen LogP contribution in [0.5, 0.6) is 0 Å². The summed E-state index contributed by atoms with van der Waals surface area (Å²) in [5.74, 6) is 2.59. The number of hydrogen-bond donors (Lipinski definition) is 12. The Labute approximate surface area is 528 Å². The Hall–Kier alpha value is -6.28. The van der Waals surface area contributed by atoms with Gasteiger partial charge in [0.25, 0.3) is 0 Å². The van der Waals surface area contributed by atoms with E-state index in [9.17, 15) is 54.3 Å². The van der Waals surface area contributed by atoms with Crippen LogP contribution in [-0.2, 0) is 63.7 Å². The van der Waals surface area contributed by atoms with Crippen LogP contribution in [0.4, 0.5) is 5.69 Å². The zero-order valence-corrected chi connectivity index (χ0v) is 52.3. The molecule has 1 aliphatic heterocycles. The summed E-state index contributed by atoms with van der Waals surface area (Å²) in [6.07, 6.45) is 1.35. The highest BCUT2D eigenvalue weighted by Crippen LogP contribution is 2.35. The first-order valence-corrected chi connectivity index (χ1v) is 32.0. The van der Waals surface area contributed by atoms with Gasteiger partial charge in [0.2, 0.25) is 35.4 Å². The number of fused-ring (bicyclic) bond motifs is 2. The van der Waals surface area contributed by atoms with E-state index in [0.717, 1.165) is 47.3 Å². The van der Waals surface area contributed by atoms with E-state index in [0.29, 0.717) is 83.6 Å². The lowest BCUT2D eigenvalue weighted by Crippen LogP contribution is -2.54. The Morgan fingerprint density at radius 3 is 2.07 bits per heavy atom. The second-order valence-corrected chi connectivity index (χ2v) is 23.9. The number of benzene rings is 2. The summed E-state index contributed by atoms with van der Waals surface area (Å²) in [7, 11) is 0. The fraction of sp³-hybridized carbons (Fsp3) is 0.662. The molecule has 2 aromatic rings. The average Bonchev–Trinajstić information content (AvgIpc) is 1.66. The van der Waals surface area contributed by atoms with Crippen LogP contribution in [0.25, 0.3) is 0 Å². The first-order chi connectivity index (χ1) is 43.5. The van der Waals surface area contributed by atoms with Crippen LogP contribution >= 0.6 is 0 Å². The van der Waals surface area contributed by atoms with Crippen molar-refractivity contribution in [3.05, 3.63) is 76.6 Å². The van der Waals surface area contributed by atoms with Gasteiger partial charge in [-0.25, -0.2) is 0 Å². The number of nitrogens with one attached hydrogen (secondary N) is 5. The number of amides is 6. The van der Waals surface area contributed by atoms with Gasteiger partial charge in [0.05, 0.1) is 107 Å². The van der Waals surface area contributed by atoms with E-state index < -0.39 is 78.3 Å². The van der Waals surface area contributed by atoms with Crippen molar-refractivity contribution in [2.24, 2.45) is 29.2 Å². The number of primary amides is 1. The van der Waals surface area contributed by atoms with Crippen LogP contribution in [0.1, 0.15) is 127 Å². The van der Waals surface area contributed by atoms with E-state index >= 15 is 0 Å². The Morgan fingerprint density at radius 1 is 0.689 bits per heavy atom. The van der Waals surface area contributed by atoms with Crippen LogP contribution in [-0.4, -0.2) is 201 Å². The Balaban J connectivity index is 0.809. The number of carbonyl (C=O) groups excluding carboxylic acids is 6. The van der Waals surface area contributed by atoms with Gasteiger partial charge in [0.15, 0.2) is 0 Å². The highest BCUT2D eigenvalue weighted by Gasteiger charge is 2.43. The smallest absolute Gasteiger partial charge is 0.246 e. The molecule has 0 bridgehead atoms. The second-order valence-electron chi connectivity index (χ2n) is 23.9. The summed E-state index contributed by atoms with van der Waals surface area (Å²) in [6, 6.07) is 13.0. The molecule has 14 N–H and O–H groups in total. The minimum Gasteiger partial charge on any atom is -0.399 e. The molecule has 6 rings (SSSR count). The number of rotatable bonds is 37. The second kappa shape index (κ2) is 39.2. The maximum Gasteiger partial charge on any atom is 0.246 e. The molecule has 3 aliphatic carbocycles. The standard InChI is InChI=1S/C65H98N8O17/c1-42(2)61(64(67)83)72-65(84)51(16-10-11-24-68-58(80)41-89-55-18-5-3-4-15-50(60(55)66)70-48-34-47(40-75)63(54(77)36-48)90-49-35-46(39-74)62(82)53(76)37-49)71-57(79)23-26-85-28-30-87-32-33-88-31-29-86-27-25-69-56(78)21-22-59(81)73-38-45-14-7-6-12-43(45)19-20-44-13-8-9-17-52(44)73/h6-9,12-14,17,42,46-49,51,53-55,61-63,70,74-77,82H,3-5,10-11,15-16,18,21-41,66H2,1-2H3,(H2,67,83)(H,68,80)(H,69,78)(H,71,79)(H,72,84)/b60-50-/t46-,47-,48+,49+,51-,53-,54-,55?,61?,62-,63-/m1/s1. The number of carbonyl (C=O) groups is 6. The monoisotopic (exact) mass is 1260 g/mol. The number of ether oxygens (including phenoxy) is 6. The fourth-order valence-electron chi connectivity index (χ4n) is 11.6. The lowest BCUT2D eigenvalue weighted by atomic mass is 9.80. The van der Waals surface area contributed by atoms with E-state index in [-0.39, 0.29) is 121 Å². The van der Waals surface area contributed by atoms with Crippen molar-refractivity contribution in [2.75, 3.05) is 90.7 Å². The van der Waals surface area contributed by atoms with Gasteiger partial charge < -0.3 is 96.9 Å². The van der Waals surface area contributed by atoms with Gasteiger partial charge in [-0.05, 0) is 87.5 Å². The summed E-state index contributed by atoms with van der Waals surface area (Å²) < 4.78 is 34.6. The lowest BCUT2D eigenvalue weighted by molar-refractivity contribution is -0.172. The number of aliphatic hydroxyl groups excluding tert-OH is 5. The molecule has 90 heavy (non-hydrogen) atoms. The van der Waals surface area contributed by atoms with E-state index in [1.165, 1.54) is 0 Å². The maximum atomic E-state index is 13.5. The largest absolute Gasteiger partial charge is 0.399 e. The van der Waals surface area contributed by atoms with Crippen LogP contribution in [0.15, 0.2) is 59.9 Å². The van der Waals surface area contributed by atoms with Crippen LogP contribution < -0.4 is 43.0 Å². The zero-order valence-electron chi connectivity index (χ0n) is 52.3. The molecule has 0 saturated heterocycles. The number of hydrogen-bond acceptors (Lipinski definition) is 19. The molecule has 1 heterocycles. The number of unbranched alkanes of at least 4 members (excludes halogenated alkanes) is 1. The average molecular weight is 1260 g/mol. The maximum absolute atomic E-state index is 13.5. The molecule has 500 valence electrons. The molecular formula is C65H98N8O17. The highest BCUT2D eigenvalue weighted by atomic mass is 16.6. The van der Waals surface area contributed by atoms with Crippen molar-refractivity contribution >= 4 is 41.1 Å². The van der Waals surface area contributed by atoms with Gasteiger partial charge >= 0.3 is 0 Å². The minimum atomic E-state index is -1.07. The fourth-order valence-corrected chi connectivity index (χ4v) is 11.6. The molecule has 0 spiro atoms. The summed E-state index contributed by atoms with van der Waals surface area (Å²) in [6.45, 7) is 5.57. The Bertz CT molecular complexity index is 2690. The van der Waals surface area contributed by atoms with Crippen LogP contribution in [0, 0.1) is 29.6 Å². The first kappa shape index (κ1) is 72.8. The SMILES string of the molecule is CC(C)C(NC(=O)[C@@H](CCCCNC(=O)COC1CCCCC/C(N[C@H]2C[C@H](CO)[C@@H](O[C@H]3C[C@H](CO)[C@@H](O)[C@H](O)C3)[C@H](O)C2)=C\1N)NC(=O)CCOCCOCCOCCOCCNC(=O)CCC(=O)N1Cc2ccccc2C#Cc2ccccc21)C(N)=O. The van der Waals surface area contributed by atoms with Gasteiger partial charge in [0.1, 0.15) is 18.7 Å². The van der Waals surface area contributed by atoms with E-state index in [1.807, 2.05) is 48.5 Å². The normalized spacial score (nSPS) is 24.0. The molecule has 2 fully saturated rings. The molecule has 2 aromatic carbocycles. The minimum absolute atomic E-state index is 0.0334. The summed E-state index contributed by atoms with van der Waals surface area (Å²) in [5.41, 5.74) is 16.8. The molecule has 25 heteroatoms. The third kappa shape index (κ3) is 24.1. The Morgan fingerprint density at radius 2 is 1.36 bits per heavy atom. The molecule has 0 radical (unpaired) electrons. The number of aliphatic hydroxyl groups is 5. The summed E-state index contributed by atoms with van der Waals surface area (Å²) >= 11 is 0. The van der Waals surface area contributed by atoms with E-state index in [2.05, 4.69) is 38.4 Å². The van der Waals surface area contributed by atoms with Crippen LogP contribution in [0.3, 0.4) is 0 Å². The molecule has 0 aromatic heterocycles. The number of allylic oxidation sites excluding steroid dienone is 1. The number of para-hydroxylation sites is 1. The third-order valence-corrected chi connectivity index (χ3v) is 16.7. The Kier molecular flexibility index (Phi) is 31.7. The molecule has 4 aliphatic rings. The van der Waals surface area contributed by atoms with Crippen molar-refractivity contribution in [1.82, 2.24) is 26.6 Å². The zero-order chi connectivity index (χ0) is 64.8. The topological polar surface area (TPSA) is 374 Å². The summed E-state index contributed by atoms with van der Waals surface area (Å²) in [4.78, 5) is 79.4. The predicted molar refractivity (Wildman–Crippen MR) is 332 cm³/mol. The van der Waals surface area contributed by atoms with Gasteiger partial charge in [-0.1, -0.05) is 68.9 Å².